The first-order valence-corrected chi connectivity index (χ1v) is 12.6. The highest BCUT2D eigenvalue weighted by molar-refractivity contribution is 7.72. The van der Waals surface area contributed by atoms with Crippen molar-refractivity contribution in [1.29, 1.82) is 0 Å². The maximum absolute atomic E-state index is 12.0. The molecule has 8 heteroatoms. The van der Waals surface area contributed by atoms with Crippen LogP contribution in [0.1, 0.15) is 43.7 Å². The number of likely N-dealkylation sites (tertiary alicyclic amines) is 1. The number of nitrogens with one attached hydrogen (secondary N) is 1. The molecular weight excluding hydrogens is 426 g/mol. The largest absolute Gasteiger partial charge is 0.299 e. The van der Waals surface area contributed by atoms with Crippen LogP contribution in [0.2, 0.25) is 0 Å². The smallest absolute Gasteiger partial charge is 0.250 e. The number of carbonyl (C=O) groups is 1. The van der Waals surface area contributed by atoms with E-state index in [-0.39, 0.29) is 5.75 Å². The van der Waals surface area contributed by atoms with Gasteiger partial charge < -0.3 is 0 Å². The molecule has 0 radical (unpaired) electrons. The highest BCUT2D eigenvalue weighted by Crippen LogP contribution is 2.26. The molecule has 1 amide bonds. The first-order chi connectivity index (χ1) is 15.4. The van der Waals surface area contributed by atoms with Crippen molar-refractivity contribution < 1.29 is 18.4 Å². The number of thiol groups is 1. The molecule has 32 heavy (non-hydrogen) atoms. The van der Waals surface area contributed by atoms with E-state index in [9.17, 15) is 13.2 Å². The van der Waals surface area contributed by atoms with Crippen molar-refractivity contribution in [3.8, 4) is 11.8 Å². The van der Waals surface area contributed by atoms with Gasteiger partial charge in [-0.3, -0.25) is 19.8 Å². The van der Waals surface area contributed by atoms with Gasteiger partial charge in [-0.25, -0.2) is 13.9 Å². The second-order valence-electron chi connectivity index (χ2n) is 8.88. The lowest BCUT2D eigenvalue weighted by Crippen LogP contribution is -2.43. The minimum Gasteiger partial charge on any atom is -0.299 e. The van der Waals surface area contributed by atoms with E-state index in [2.05, 4.69) is 52.0 Å². The fourth-order valence-electron chi connectivity index (χ4n) is 4.23. The molecule has 1 saturated heterocycles. The molecule has 1 aromatic rings. The molecule has 0 aromatic heterocycles. The number of nitrogens with zero attached hydrogens (tertiary/aromatic N) is 2. The van der Waals surface area contributed by atoms with E-state index >= 15 is 0 Å². The Kier molecular flexibility index (Phi) is 8.88. The molecule has 2 aliphatic heterocycles. The molecule has 0 spiro atoms. The standard InChI is InChI=1S/C24H33N3O4S/c1-24(19-32(30)31,23(28)25-29)12-18-27-16-10-22(11-17-27)21-8-6-20(7-9-21)5-4-15-26-13-2-3-14-26/h6-10,29,32H,2-3,11-19H2,1H3,(H,25,28). The van der Waals surface area contributed by atoms with E-state index in [0.717, 1.165) is 44.7 Å². The molecule has 1 unspecified atom stereocenters. The van der Waals surface area contributed by atoms with Crippen molar-refractivity contribution in [1.82, 2.24) is 15.3 Å². The fraction of sp³-hybridized carbons (Fsp3) is 0.542. The molecule has 3 rings (SSSR count). The van der Waals surface area contributed by atoms with Gasteiger partial charge in [-0.2, -0.15) is 0 Å². The summed E-state index contributed by atoms with van der Waals surface area (Å²) < 4.78 is 22.3. The van der Waals surface area contributed by atoms with Gasteiger partial charge in [-0.1, -0.05) is 30.0 Å². The van der Waals surface area contributed by atoms with E-state index in [4.69, 9.17) is 5.21 Å². The van der Waals surface area contributed by atoms with Gasteiger partial charge in [0.2, 0.25) is 5.91 Å². The van der Waals surface area contributed by atoms with Crippen LogP contribution in [0.5, 0.6) is 0 Å². The average Bonchev–Trinajstić information content (AvgIpc) is 3.31. The van der Waals surface area contributed by atoms with E-state index in [1.807, 2.05) is 0 Å². The van der Waals surface area contributed by atoms with Crippen LogP contribution < -0.4 is 5.48 Å². The minimum absolute atomic E-state index is 0.281. The van der Waals surface area contributed by atoms with Crippen LogP contribution in [0.3, 0.4) is 0 Å². The van der Waals surface area contributed by atoms with Gasteiger partial charge in [-0.05, 0) is 75.5 Å². The summed E-state index contributed by atoms with van der Waals surface area (Å²) in [7, 11) is -2.72. The third kappa shape index (κ3) is 6.91. The number of hydrogen-bond acceptors (Lipinski definition) is 6. The molecular formula is C24H33N3O4S. The first kappa shape index (κ1) is 24.5. The lowest BCUT2D eigenvalue weighted by molar-refractivity contribution is -0.138. The second kappa shape index (κ2) is 11.6. The van der Waals surface area contributed by atoms with Crippen molar-refractivity contribution in [2.45, 2.75) is 32.6 Å². The van der Waals surface area contributed by atoms with Crippen LogP contribution in [0.4, 0.5) is 0 Å². The Balaban J connectivity index is 1.52. The Morgan fingerprint density at radius 3 is 2.47 bits per heavy atom. The Bertz CT molecular complexity index is 948. The van der Waals surface area contributed by atoms with E-state index in [1.54, 1.807) is 12.4 Å². The summed E-state index contributed by atoms with van der Waals surface area (Å²) in [5.41, 5.74) is 3.99. The van der Waals surface area contributed by atoms with Gasteiger partial charge in [0.05, 0.1) is 17.7 Å². The number of hydroxylamine groups is 1. The molecule has 0 bridgehead atoms. The highest BCUT2D eigenvalue weighted by Gasteiger charge is 2.34. The number of amides is 1. The molecule has 7 nitrogen and oxygen atoms in total. The summed E-state index contributed by atoms with van der Waals surface area (Å²) in [5, 5.41) is 8.97. The molecule has 0 saturated carbocycles. The second-order valence-corrected chi connectivity index (χ2v) is 9.87. The lowest BCUT2D eigenvalue weighted by Gasteiger charge is -2.31. The number of benzene rings is 1. The maximum atomic E-state index is 12.0. The maximum Gasteiger partial charge on any atom is 0.250 e. The van der Waals surface area contributed by atoms with Crippen molar-refractivity contribution in [3.63, 3.8) is 0 Å². The van der Waals surface area contributed by atoms with Gasteiger partial charge in [-0.15, -0.1) is 0 Å². The van der Waals surface area contributed by atoms with Crippen molar-refractivity contribution in [3.05, 3.63) is 41.5 Å². The third-order valence-electron chi connectivity index (χ3n) is 6.39. The molecule has 174 valence electrons. The van der Waals surface area contributed by atoms with Gasteiger partial charge in [0, 0.05) is 18.7 Å². The van der Waals surface area contributed by atoms with Crippen LogP contribution in [0.15, 0.2) is 30.3 Å². The Hall–Kier alpha value is -2.18. The molecule has 1 atom stereocenters. The zero-order chi connectivity index (χ0) is 23.0. The zero-order valence-electron chi connectivity index (χ0n) is 18.7. The van der Waals surface area contributed by atoms with Gasteiger partial charge >= 0.3 is 0 Å². The van der Waals surface area contributed by atoms with E-state index in [1.165, 1.54) is 24.0 Å². The zero-order valence-corrected chi connectivity index (χ0v) is 19.6. The van der Waals surface area contributed by atoms with Gasteiger partial charge in [0.1, 0.15) is 10.7 Å². The van der Waals surface area contributed by atoms with E-state index < -0.39 is 22.0 Å². The van der Waals surface area contributed by atoms with Crippen molar-refractivity contribution >= 4 is 22.2 Å². The Morgan fingerprint density at radius 1 is 1.16 bits per heavy atom. The summed E-state index contributed by atoms with van der Waals surface area (Å²) in [4.78, 5) is 16.6. The Morgan fingerprint density at radius 2 is 1.88 bits per heavy atom. The molecule has 2 heterocycles. The van der Waals surface area contributed by atoms with Gasteiger partial charge in [0.15, 0.2) is 0 Å². The van der Waals surface area contributed by atoms with E-state index in [0.29, 0.717) is 13.0 Å². The van der Waals surface area contributed by atoms with Crippen LogP contribution >= 0.6 is 0 Å². The first-order valence-electron chi connectivity index (χ1n) is 11.2. The molecule has 2 aliphatic rings. The van der Waals surface area contributed by atoms with Crippen molar-refractivity contribution in [2.75, 3.05) is 45.0 Å². The average molecular weight is 460 g/mol. The normalized spacial score (nSPS) is 19.2. The number of rotatable bonds is 8. The van der Waals surface area contributed by atoms with Crippen LogP contribution in [0, 0.1) is 17.3 Å². The fourth-order valence-corrected chi connectivity index (χ4v) is 5.10. The monoisotopic (exact) mass is 459 g/mol. The topological polar surface area (TPSA) is 90.0 Å². The highest BCUT2D eigenvalue weighted by atomic mass is 32.2. The SMILES string of the molecule is CC(CCN1CC=C(c2ccc(C#CCN3CCCC3)cc2)CC1)(C[SH](=O)=O)C(=O)NO. The molecule has 2 N–H and O–H groups in total. The summed E-state index contributed by atoms with van der Waals surface area (Å²) in [6.45, 7) is 6.90. The minimum atomic E-state index is -2.72. The lowest BCUT2D eigenvalue weighted by atomic mass is 9.87. The molecule has 1 aromatic carbocycles. The quantitative estimate of drug-likeness (QED) is 0.238. The van der Waals surface area contributed by atoms with Gasteiger partial charge in [0.25, 0.3) is 0 Å². The predicted octanol–water partition coefficient (Wildman–Crippen LogP) is 1.74. The Labute approximate surface area is 192 Å². The third-order valence-corrected chi connectivity index (χ3v) is 7.35. The van der Waals surface area contributed by atoms with Crippen LogP contribution in [-0.4, -0.2) is 74.4 Å². The molecule has 0 aliphatic carbocycles. The number of carbonyl (C=O) groups excluding carboxylic acids is 1. The summed E-state index contributed by atoms with van der Waals surface area (Å²) in [6.07, 6.45) is 5.99. The van der Waals surface area contributed by atoms with Crippen LogP contribution in [-0.2, 0) is 15.5 Å². The molecule has 1 fully saturated rings. The number of hydrogen-bond donors (Lipinski definition) is 3. The predicted molar refractivity (Wildman–Crippen MR) is 126 cm³/mol. The van der Waals surface area contributed by atoms with Crippen LogP contribution in [0.25, 0.3) is 5.57 Å². The summed E-state index contributed by atoms with van der Waals surface area (Å²) >= 11 is 0. The summed E-state index contributed by atoms with van der Waals surface area (Å²) in [5.74, 6) is 5.59. The summed E-state index contributed by atoms with van der Waals surface area (Å²) in [6, 6.07) is 8.38. The van der Waals surface area contributed by atoms with Crippen molar-refractivity contribution in [2.24, 2.45) is 5.41 Å².